The molecule has 1 aromatic carbocycles. The van der Waals surface area contributed by atoms with Crippen LogP contribution in [0.3, 0.4) is 0 Å². The third-order valence-electron chi connectivity index (χ3n) is 4.54. The van der Waals surface area contributed by atoms with Crippen molar-refractivity contribution in [1.29, 1.82) is 0 Å². The van der Waals surface area contributed by atoms with E-state index in [1.54, 1.807) is 7.11 Å². The molecule has 1 aliphatic rings. The third-order valence-corrected chi connectivity index (χ3v) is 5.39. The minimum absolute atomic E-state index is 0.0457. The predicted molar refractivity (Wildman–Crippen MR) is 97.9 cm³/mol. The second-order valence-electron chi connectivity index (χ2n) is 6.30. The number of hydrogen-bond acceptors (Lipinski definition) is 5. The van der Waals surface area contributed by atoms with Crippen molar-refractivity contribution in [2.75, 3.05) is 12.9 Å². The van der Waals surface area contributed by atoms with Crippen molar-refractivity contribution in [3.8, 4) is 5.75 Å². The first kappa shape index (κ1) is 17.8. The molecular formula is C18H24N4O2S. The highest BCUT2D eigenvalue weighted by atomic mass is 32.2. The highest BCUT2D eigenvalue weighted by Crippen LogP contribution is 2.32. The minimum atomic E-state index is -0.120. The van der Waals surface area contributed by atoms with Gasteiger partial charge < -0.3 is 10.1 Å². The van der Waals surface area contributed by atoms with E-state index in [1.807, 2.05) is 31.2 Å². The van der Waals surface area contributed by atoms with Crippen molar-refractivity contribution >= 4 is 17.7 Å². The predicted octanol–water partition coefficient (Wildman–Crippen LogP) is 3.44. The Morgan fingerprint density at radius 2 is 2.16 bits per heavy atom. The van der Waals surface area contributed by atoms with Crippen LogP contribution in [0.1, 0.15) is 56.0 Å². The molecule has 1 aliphatic carbocycles. The molecular weight excluding hydrogens is 336 g/mol. The molecule has 134 valence electrons. The molecule has 3 rings (SSSR count). The van der Waals surface area contributed by atoms with E-state index in [-0.39, 0.29) is 11.9 Å². The molecule has 0 aliphatic heterocycles. The van der Waals surface area contributed by atoms with Crippen LogP contribution in [0.15, 0.2) is 29.4 Å². The Bertz CT molecular complexity index is 713. The first-order valence-electron chi connectivity index (χ1n) is 8.64. The number of para-hydroxylation sites is 1. The smallest absolute Gasteiger partial charge is 0.230 e. The van der Waals surface area contributed by atoms with Gasteiger partial charge in [0.1, 0.15) is 11.6 Å². The van der Waals surface area contributed by atoms with Gasteiger partial charge in [-0.05, 0) is 25.8 Å². The van der Waals surface area contributed by atoms with Gasteiger partial charge in [-0.1, -0.05) is 42.8 Å². The molecule has 1 heterocycles. The van der Waals surface area contributed by atoms with Crippen molar-refractivity contribution in [3.63, 3.8) is 0 Å². The van der Waals surface area contributed by atoms with E-state index in [0.29, 0.717) is 16.8 Å². The lowest BCUT2D eigenvalue weighted by atomic mass is 10.1. The zero-order chi connectivity index (χ0) is 17.6. The first-order valence-corrected chi connectivity index (χ1v) is 9.63. The lowest BCUT2D eigenvalue weighted by Crippen LogP contribution is -2.28. The van der Waals surface area contributed by atoms with Gasteiger partial charge in [-0.25, -0.2) is 4.98 Å². The summed E-state index contributed by atoms with van der Waals surface area (Å²) in [6, 6.07) is 7.58. The molecule has 1 saturated carbocycles. The van der Waals surface area contributed by atoms with E-state index >= 15 is 0 Å². The standard InChI is InChI=1S/C18H24N4O2S/c1-12(14-9-5-6-10-15(14)24-2)19-16(23)11-25-18-20-17(21-22-18)13-7-3-4-8-13/h5-6,9-10,12-13H,3-4,7-8,11H2,1-2H3,(H,19,23)(H,20,21,22). The number of nitrogens with zero attached hydrogens (tertiary/aromatic N) is 2. The number of H-pyrrole nitrogens is 1. The Morgan fingerprint density at radius 1 is 1.40 bits per heavy atom. The number of benzene rings is 1. The minimum Gasteiger partial charge on any atom is -0.496 e. The van der Waals surface area contributed by atoms with Crippen LogP contribution in [0.5, 0.6) is 5.75 Å². The summed E-state index contributed by atoms with van der Waals surface area (Å²) in [5.41, 5.74) is 0.963. The number of rotatable bonds is 7. The molecule has 2 aromatic rings. The molecule has 25 heavy (non-hydrogen) atoms. The summed E-state index contributed by atoms with van der Waals surface area (Å²) in [6.45, 7) is 1.95. The lowest BCUT2D eigenvalue weighted by molar-refractivity contribution is -0.119. The molecule has 2 N–H and O–H groups in total. The Hall–Kier alpha value is -2.02. The van der Waals surface area contributed by atoms with E-state index in [0.717, 1.165) is 17.1 Å². The topological polar surface area (TPSA) is 79.9 Å². The number of aromatic amines is 1. The van der Waals surface area contributed by atoms with Gasteiger partial charge in [0.05, 0.1) is 18.9 Å². The average molecular weight is 360 g/mol. The fourth-order valence-electron chi connectivity index (χ4n) is 3.22. The van der Waals surface area contributed by atoms with Crippen LogP contribution in [0, 0.1) is 0 Å². The van der Waals surface area contributed by atoms with Gasteiger partial charge in [-0.15, -0.1) is 5.10 Å². The number of ether oxygens (including phenoxy) is 1. The number of carbonyl (C=O) groups is 1. The van der Waals surface area contributed by atoms with E-state index in [4.69, 9.17) is 4.74 Å². The third kappa shape index (κ3) is 4.54. The highest BCUT2D eigenvalue weighted by Gasteiger charge is 2.21. The second-order valence-corrected chi connectivity index (χ2v) is 7.25. The summed E-state index contributed by atoms with van der Waals surface area (Å²) in [5.74, 6) is 2.49. The zero-order valence-electron chi connectivity index (χ0n) is 14.6. The van der Waals surface area contributed by atoms with Crippen molar-refractivity contribution in [1.82, 2.24) is 20.5 Å². The summed E-state index contributed by atoms with van der Waals surface area (Å²) >= 11 is 1.36. The molecule has 0 spiro atoms. The van der Waals surface area contributed by atoms with Gasteiger partial charge in [0.2, 0.25) is 11.1 Å². The summed E-state index contributed by atoms with van der Waals surface area (Å²) in [4.78, 5) is 16.7. The average Bonchev–Trinajstić information content (AvgIpc) is 3.31. The molecule has 1 unspecified atom stereocenters. The van der Waals surface area contributed by atoms with Crippen molar-refractivity contribution in [2.45, 2.75) is 49.7 Å². The van der Waals surface area contributed by atoms with Gasteiger partial charge in [0, 0.05) is 11.5 Å². The molecule has 1 atom stereocenters. The van der Waals surface area contributed by atoms with Crippen LogP contribution < -0.4 is 10.1 Å². The van der Waals surface area contributed by atoms with Crippen molar-refractivity contribution < 1.29 is 9.53 Å². The number of hydrogen-bond donors (Lipinski definition) is 2. The SMILES string of the molecule is COc1ccccc1C(C)NC(=O)CSc1n[nH]c(C2CCCC2)n1. The van der Waals surface area contributed by atoms with Crippen LogP contribution in [-0.4, -0.2) is 34.0 Å². The second kappa shape index (κ2) is 8.38. The molecule has 0 bridgehead atoms. The summed E-state index contributed by atoms with van der Waals surface area (Å²) < 4.78 is 5.35. The number of aromatic nitrogens is 3. The monoisotopic (exact) mass is 360 g/mol. The molecule has 0 radical (unpaired) electrons. The summed E-state index contributed by atoms with van der Waals surface area (Å²) in [5, 5.41) is 10.9. The van der Waals surface area contributed by atoms with Gasteiger partial charge in [0.15, 0.2) is 0 Å². The molecule has 0 saturated heterocycles. The molecule has 6 nitrogen and oxygen atoms in total. The Balaban J connectivity index is 1.51. The van der Waals surface area contributed by atoms with Crippen molar-refractivity contribution in [2.24, 2.45) is 0 Å². The number of carbonyl (C=O) groups excluding carboxylic acids is 1. The van der Waals surface area contributed by atoms with Crippen molar-refractivity contribution in [3.05, 3.63) is 35.7 Å². The van der Waals surface area contributed by atoms with E-state index in [2.05, 4.69) is 20.5 Å². The number of amides is 1. The maximum atomic E-state index is 12.2. The molecule has 1 aromatic heterocycles. The summed E-state index contributed by atoms with van der Waals surface area (Å²) in [7, 11) is 1.63. The van der Waals surface area contributed by atoms with E-state index < -0.39 is 0 Å². The van der Waals surface area contributed by atoms with E-state index in [9.17, 15) is 4.79 Å². The molecule has 7 heteroatoms. The van der Waals surface area contributed by atoms with Gasteiger partial charge >= 0.3 is 0 Å². The van der Waals surface area contributed by atoms with Gasteiger partial charge in [0.25, 0.3) is 0 Å². The van der Waals surface area contributed by atoms with Crippen LogP contribution in [0.4, 0.5) is 0 Å². The maximum absolute atomic E-state index is 12.2. The van der Waals surface area contributed by atoms with Gasteiger partial charge in [-0.3, -0.25) is 9.89 Å². The normalized spacial score (nSPS) is 15.9. The Morgan fingerprint density at radius 3 is 2.92 bits per heavy atom. The van der Waals surface area contributed by atoms with Crippen LogP contribution in [0.2, 0.25) is 0 Å². The van der Waals surface area contributed by atoms with Crippen LogP contribution in [0.25, 0.3) is 0 Å². The quantitative estimate of drug-likeness (QED) is 0.740. The van der Waals surface area contributed by atoms with Crippen LogP contribution in [-0.2, 0) is 4.79 Å². The maximum Gasteiger partial charge on any atom is 0.230 e. The molecule has 1 amide bonds. The molecule has 1 fully saturated rings. The fraction of sp³-hybridized carbons (Fsp3) is 0.500. The summed E-state index contributed by atoms with van der Waals surface area (Å²) in [6.07, 6.45) is 4.88. The number of nitrogens with one attached hydrogen (secondary N) is 2. The number of thioether (sulfide) groups is 1. The van der Waals surface area contributed by atoms with Gasteiger partial charge in [-0.2, -0.15) is 0 Å². The lowest BCUT2D eigenvalue weighted by Gasteiger charge is -2.16. The Labute approximate surface area is 152 Å². The van der Waals surface area contributed by atoms with E-state index in [1.165, 1.54) is 37.4 Å². The fourth-order valence-corrected chi connectivity index (χ4v) is 3.84. The first-order chi connectivity index (χ1) is 12.2. The zero-order valence-corrected chi connectivity index (χ0v) is 15.4. The Kier molecular flexibility index (Phi) is 5.96. The highest BCUT2D eigenvalue weighted by molar-refractivity contribution is 7.99. The number of methoxy groups -OCH3 is 1. The largest absolute Gasteiger partial charge is 0.496 e. The van der Waals surface area contributed by atoms with Crippen LogP contribution >= 0.6 is 11.8 Å².